The third kappa shape index (κ3) is 292. The molecular formula is C14H32O4. The summed E-state index contributed by atoms with van der Waals surface area (Å²) >= 11 is 0. The van der Waals surface area contributed by atoms with E-state index in [1.807, 2.05) is 13.8 Å². The minimum Gasteiger partial charge on any atom is -0.394 e. The van der Waals surface area contributed by atoms with Crippen LogP contribution >= 0.6 is 0 Å². The van der Waals surface area contributed by atoms with E-state index in [9.17, 15) is 9.59 Å². The van der Waals surface area contributed by atoms with Crippen molar-refractivity contribution in [2.75, 3.05) is 0 Å². The Labute approximate surface area is 112 Å². The fourth-order valence-corrected chi connectivity index (χ4v) is 0. The van der Waals surface area contributed by atoms with E-state index in [1.54, 1.807) is 27.7 Å². The summed E-state index contributed by atoms with van der Waals surface area (Å²) in [5, 5.41) is 16.4. The summed E-state index contributed by atoms with van der Waals surface area (Å²) in [7, 11) is 0. The van der Waals surface area contributed by atoms with Gasteiger partial charge in [0, 0.05) is 12.5 Å². The molecule has 0 aliphatic carbocycles. The lowest BCUT2D eigenvalue weighted by atomic mass is 10.3. The molecule has 1 atom stereocenters. The number of carbonyl (C=O) groups excluding carboxylic acids is 2. The van der Waals surface area contributed by atoms with Gasteiger partial charge in [-0.1, -0.05) is 13.8 Å². The maximum atomic E-state index is 9.81. The Kier molecular flexibility index (Phi) is 31.1. The summed E-state index contributed by atoms with van der Waals surface area (Å²) in [6.45, 7) is 13.7. The van der Waals surface area contributed by atoms with Crippen molar-refractivity contribution < 1.29 is 19.8 Å². The molecule has 0 saturated heterocycles. The zero-order valence-corrected chi connectivity index (χ0v) is 13.3. The monoisotopic (exact) mass is 264 g/mol. The Morgan fingerprint density at radius 1 is 0.944 bits per heavy atom. The second kappa shape index (κ2) is 21.5. The van der Waals surface area contributed by atoms with Gasteiger partial charge in [-0.25, -0.2) is 0 Å². The lowest BCUT2D eigenvalue weighted by Gasteiger charge is -1.90. The van der Waals surface area contributed by atoms with Gasteiger partial charge in [0.25, 0.3) is 0 Å². The van der Waals surface area contributed by atoms with Crippen LogP contribution in [0.2, 0.25) is 0 Å². The highest BCUT2D eigenvalue weighted by Gasteiger charge is 1.81. The lowest BCUT2D eigenvalue weighted by molar-refractivity contribution is -0.117. The number of aliphatic hydroxyl groups is 2. The first-order valence-corrected chi connectivity index (χ1v) is 6.33. The summed E-state index contributed by atoms with van der Waals surface area (Å²) in [4.78, 5) is 19.3. The van der Waals surface area contributed by atoms with Crippen molar-refractivity contribution >= 4 is 11.6 Å². The largest absolute Gasteiger partial charge is 0.394 e. The van der Waals surface area contributed by atoms with Gasteiger partial charge in [-0.3, -0.25) is 0 Å². The van der Waals surface area contributed by atoms with Gasteiger partial charge in [-0.05, 0) is 48.0 Å². The van der Waals surface area contributed by atoms with Gasteiger partial charge in [0.05, 0.1) is 6.10 Å². The van der Waals surface area contributed by atoms with Gasteiger partial charge in [0.2, 0.25) is 0 Å². The van der Waals surface area contributed by atoms with E-state index in [0.29, 0.717) is 6.42 Å². The van der Waals surface area contributed by atoms with E-state index >= 15 is 0 Å². The molecule has 0 fully saturated rings. The summed E-state index contributed by atoms with van der Waals surface area (Å²) in [5.41, 5.74) is 0. The van der Waals surface area contributed by atoms with Crippen LogP contribution in [0.25, 0.3) is 0 Å². The maximum absolute atomic E-state index is 9.81. The molecule has 18 heavy (non-hydrogen) atoms. The molecule has 0 aliphatic heterocycles. The molecule has 0 aromatic heterocycles. The van der Waals surface area contributed by atoms with Crippen molar-refractivity contribution in [3.05, 3.63) is 0 Å². The first-order valence-electron chi connectivity index (χ1n) is 6.33. The van der Waals surface area contributed by atoms with Crippen LogP contribution in [-0.4, -0.2) is 34.0 Å². The molecule has 2 N–H and O–H groups in total. The highest BCUT2D eigenvalue weighted by molar-refractivity contribution is 5.74. The summed E-state index contributed by atoms with van der Waals surface area (Å²) < 4.78 is 0. The van der Waals surface area contributed by atoms with Gasteiger partial charge in [0.15, 0.2) is 0 Å². The third-order valence-electron chi connectivity index (χ3n) is 1.09. The molecule has 0 saturated carbocycles. The fourth-order valence-electron chi connectivity index (χ4n) is 0. The Balaban J connectivity index is -0.0000000731. The van der Waals surface area contributed by atoms with Crippen LogP contribution in [0.1, 0.15) is 68.2 Å². The van der Waals surface area contributed by atoms with Crippen LogP contribution in [-0.2, 0) is 9.59 Å². The number of aliphatic hydroxyl groups excluding tert-OH is 2. The summed E-state index contributed by atoms with van der Waals surface area (Å²) in [5.74, 6) is 0.421. The van der Waals surface area contributed by atoms with Crippen LogP contribution in [0.15, 0.2) is 0 Å². The molecule has 0 amide bonds. The number of hydrogen-bond acceptors (Lipinski definition) is 4. The molecule has 0 spiro atoms. The van der Waals surface area contributed by atoms with Crippen molar-refractivity contribution in [1.29, 1.82) is 0 Å². The first kappa shape index (κ1) is 26.0. The smallest absolute Gasteiger partial charge is 0.129 e. The summed E-state index contributed by atoms with van der Waals surface area (Å²) in [6, 6.07) is 0. The molecule has 0 bridgehead atoms. The Morgan fingerprint density at radius 3 is 1.06 bits per heavy atom. The molecule has 4 nitrogen and oxygen atoms in total. The van der Waals surface area contributed by atoms with E-state index in [1.165, 1.54) is 13.8 Å². The molecule has 0 aliphatic rings. The minimum atomic E-state index is -0.167. The van der Waals surface area contributed by atoms with Crippen LogP contribution in [0.4, 0.5) is 0 Å². The van der Waals surface area contributed by atoms with Crippen molar-refractivity contribution in [2.24, 2.45) is 0 Å². The van der Waals surface area contributed by atoms with Crippen molar-refractivity contribution in [1.82, 2.24) is 0 Å². The van der Waals surface area contributed by atoms with Crippen LogP contribution < -0.4 is 0 Å². The quantitative estimate of drug-likeness (QED) is 0.804. The second-order valence-electron chi connectivity index (χ2n) is 4.31. The average molecular weight is 264 g/mol. The first-order chi connectivity index (χ1) is 8.00. The molecule has 0 aromatic rings. The molecule has 0 rings (SSSR count). The van der Waals surface area contributed by atoms with Crippen molar-refractivity contribution in [3.8, 4) is 0 Å². The lowest BCUT2D eigenvalue weighted by Crippen LogP contribution is -1.93. The molecule has 1 unspecified atom stereocenters. The minimum absolute atomic E-state index is 0.116. The number of Topliss-reactive ketones (excluding diaryl/α,β-unsaturated/α-hetero) is 2. The van der Waals surface area contributed by atoms with E-state index in [2.05, 4.69) is 0 Å². The predicted octanol–water partition coefficient (Wildman–Crippen LogP) is 2.75. The average Bonchev–Trinajstić information content (AvgIpc) is 2.16. The highest BCUT2D eigenvalue weighted by atomic mass is 16.3. The maximum Gasteiger partial charge on any atom is 0.129 e. The van der Waals surface area contributed by atoms with E-state index < -0.39 is 0 Å². The normalized spacial score (nSPS) is 9.72. The third-order valence-corrected chi connectivity index (χ3v) is 1.09. The Morgan fingerprint density at radius 2 is 1.06 bits per heavy atom. The number of ketones is 2. The van der Waals surface area contributed by atoms with Gasteiger partial charge >= 0.3 is 0 Å². The number of rotatable bonds is 2. The zero-order chi connectivity index (χ0) is 15.7. The van der Waals surface area contributed by atoms with Gasteiger partial charge in [0.1, 0.15) is 11.6 Å². The van der Waals surface area contributed by atoms with Crippen LogP contribution in [0.5, 0.6) is 0 Å². The van der Waals surface area contributed by atoms with E-state index in [-0.39, 0.29) is 23.8 Å². The molecule has 0 radical (unpaired) electrons. The van der Waals surface area contributed by atoms with E-state index in [4.69, 9.17) is 10.2 Å². The van der Waals surface area contributed by atoms with Gasteiger partial charge in [-0.2, -0.15) is 0 Å². The molecule has 112 valence electrons. The molecular weight excluding hydrogens is 232 g/mol. The number of hydrogen-bond donors (Lipinski definition) is 2. The topological polar surface area (TPSA) is 74.6 Å². The molecule has 4 heteroatoms. The second-order valence-corrected chi connectivity index (χ2v) is 4.31. The Bertz CT molecular complexity index is 168. The van der Waals surface area contributed by atoms with Crippen molar-refractivity contribution in [2.45, 2.75) is 80.4 Å². The fraction of sp³-hybridized carbons (Fsp3) is 0.857. The molecule has 0 aromatic carbocycles. The summed E-state index contributed by atoms with van der Waals surface area (Å²) in [6.07, 6.45) is 1.25. The zero-order valence-electron chi connectivity index (χ0n) is 13.3. The van der Waals surface area contributed by atoms with Crippen LogP contribution in [0, 0.1) is 0 Å². The predicted molar refractivity (Wildman–Crippen MR) is 76.7 cm³/mol. The van der Waals surface area contributed by atoms with Gasteiger partial charge < -0.3 is 19.8 Å². The van der Waals surface area contributed by atoms with Crippen molar-refractivity contribution in [3.63, 3.8) is 0 Å². The van der Waals surface area contributed by atoms with E-state index in [0.717, 1.165) is 6.42 Å². The molecule has 0 heterocycles. The highest BCUT2D eigenvalue weighted by Crippen LogP contribution is 1.81. The standard InChI is InChI=1S/C4H10O.C4H8O.C3H8O.C3H6O/c2*1-3-4(2)5;2*1-3(2)4/h4-5H,3H2,1-2H3;3H2,1-2H3;3-4H,1-2H3;1-2H3. The van der Waals surface area contributed by atoms with Gasteiger partial charge in [-0.15, -0.1) is 0 Å². The number of carbonyl (C=O) groups is 2. The Hall–Kier alpha value is -0.740. The van der Waals surface area contributed by atoms with Crippen LogP contribution in [0.3, 0.4) is 0 Å². The SMILES string of the molecule is CC(C)=O.CC(C)O.CCC(C)=O.CCC(C)O.